The molecule has 0 amide bonds. The van der Waals surface area contributed by atoms with E-state index >= 15 is 0 Å². The van der Waals surface area contributed by atoms with Gasteiger partial charge in [-0.05, 0) is 44.5 Å². The highest BCUT2D eigenvalue weighted by Crippen LogP contribution is 2.19. The molecule has 1 aromatic rings. The largest absolute Gasteiger partial charge is 0.224 e. The second-order valence-corrected chi connectivity index (χ2v) is 6.58. The molecule has 0 atom stereocenters. The first-order valence-corrected chi connectivity index (χ1v) is 7.84. The lowest BCUT2D eigenvalue weighted by atomic mass is 10.3. The van der Waals surface area contributed by atoms with Gasteiger partial charge in [-0.2, -0.15) is 10.2 Å². The van der Waals surface area contributed by atoms with E-state index in [4.69, 9.17) is 0 Å². The summed E-state index contributed by atoms with van der Waals surface area (Å²) in [5.41, 5.74) is 0.679. The third-order valence-corrected chi connectivity index (χ3v) is 4.18. The molecule has 0 radical (unpaired) electrons. The predicted octanol–water partition coefficient (Wildman–Crippen LogP) is 3.75. The molecule has 100 valence electrons. The molecule has 0 fully saturated rings. The Balaban J connectivity index is 2.82. The maximum absolute atomic E-state index is 11.9. The average Bonchev–Trinajstić information content (AvgIpc) is 2.34. The van der Waals surface area contributed by atoms with Crippen molar-refractivity contribution in [3.8, 4) is 0 Å². The number of azo groups is 1. The topological polar surface area (TPSA) is 58.9 Å². The second-order valence-electron chi connectivity index (χ2n) is 4.48. The van der Waals surface area contributed by atoms with E-state index in [1.165, 1.54) is 0 Å². The Kier molecular flexibility index (Phi) is 5.47. The van der Waals surface area contributed by atoms with Gasteiger partial charge in [-0.25, -0.2) is 8.42 Å². The number of benzene rings is 1. The molecule has 0 saturated carbocycles. The Hall–Kier alpha value is -1.23. The van der Waals surface area contributed by atoms with Crippen LogP contribution in [0.15, 0.2) is 39.4 Å². The van der Waals surface area contributed by atoms with E-state index in [1.54, 1.807) is 24.3 Å². The van der Waals surface area contributed by atoms with Crippen LogP contribution in [0.4, 0.5) is 5.69 Å². The zero-order valence-electron chi connectivity index (χ0n) is 11.1. The molecule has 1 rings (SSSR count). The van der Waals surface area contributed by atoms with Crippen molar-refractivity contribution < 1.29 is 8.42 Å². The zero-order valence-corrected chi connectivity index (χ0v) is 11.9. The Morgan fingerprint density at radius 1 is 1.17 bits per heavy atom. The highest BCUT2D eigenvalue weighted by Gasteiger charge is 2.12. The number of unbranched alkanes of at least 4 members (excludes halogenated alkanes) is 1. The molecule has 0 saturated heterocycles. The minimum Gasteiger partial charge on any atom is -0.224 e. The van der Waals surface area contributed by atoms with Crippen molar-refractivity contribution in [2.45, 2.75) is 44.6 Å². The van der Waals surface area contributed by atoms with Crippen LogP contribution in [0.5, 0.6) is 0 Å². The maximum Gasteiger partial charge on any atom is 0.178 e. The molecule has 4 nitrogen and oxygen atoms in total. The molecule has 1 aromatic carbocycles. The van der Waals surface area contributed by atoms with Gasteiger partial charge < -0.3 is 0 Å². The van der Waals surface area contributed by atoms with Crippen LogP contribution >= 0.6 is 0 Å². The minimum atomic E-state index is -3.14. The quantitative estimate of drug-likeness (QED) is 0.738. The fourth-order valence-electron chi connectivity index (χ4n) is 1.35. The first-order chi connectivity index (χ1) is 8.45. The number of nitrogens with zero attached hydrogens (tertiary/aromatic N) is 2. The normalized spacial score (nSPS) is 12.4. The summed E-state index contributed by atoms with van der Waals surface area (Å²) in [4.78, 5) is 0.361. The van der Waals surface area contributed by atoms with Crippen LogP contribution in [0.2, 0.25) is 0 Å². The van der Waals surface area contributed by atoms with Gasteiger partial charge >= 0.3 is 0 Å². The summed E-state index contributed by atoms with van der Waals surface area (Å²) in [5, 5.41) is 8.03. The lowest BCUT2D eigenvalue weighted by Crippen LogP contribution is -2.06. The van der Waals surface area contributed by atoms with Gasteiger partial charge in [-0.15, -0.1) is 0 Å². The first kappa shape index (κ1) is 14.8. The smallest absolute Gasteiger partial charge is 0.178 e. The summed E-state index contributed by atoms with van der Waals surface area (Å²) < 4.78 is 23.8. The maximum atomic E-state index is 11.9. The van der Waals surface area contributed by atoms with Gasteiger partial charge in [0.15, 0.2) is 9.84 Å². The number of rotatable bonds is 6. The number of hydrogen-bond donors (Lipinski definition) is 0. The van der Waals surface area contributed by atoms with Crippen molar-refractivity contribution in [3.05, 3.63) is 24.3 Å². The third kappa shape index (κ3) is 4.56. The van der Waals surface area contributed by atoms with Gasteiger partial charge in [0.25, 0.3) is 0 Å². The van der Waals surface area contributed by atoms with E-state index in [0.29, 0.717) is 17.0 Å². The zero-order chi connectivity index (χ0) is 13.6. The van der Waals surface area contributed by atoms with Gasteiger partial charge in [0.05, 0.1) is 22.4 Å². The summed E-state index contributed by atoms with van der Waals surface area (Å²) in [7, 11) is -3.14. The fraction of sp³-hybridized carbons (Fsp3) is 0.538. The Morgan fingerprint density at radius 3 is 2.28 bits per heavy atom. The monoisotopic (exact) mass is 268 g/mol. The van der Waals surface area contributed by atoms with Crippen molar-refractivity contribution in [3.63, 3.8) is 0 Å². The summed E-state index contributed by atoms with van der Waals surface area (Å²) in [6.07, 6.45) is 1.57. The molecular formula is C13H20N2O2S. The third-order valence-electron chi connectivity index (χ3n) is 2.37. The average molecular weight is 268 g/mol. The van der Waals surface area contributed by atoms with Crippen LogP contribution in [0.25, 0.3) is 0 Å². The van der Waals surface area contributed by atoms with Crippen LogP contribution in [0, 0.1) is 0 Å². The highest BCUT2D eigenvalue weighted by molar-refractivity contribution is 7.91. The molecule has 5 heteroatoms. The van der Waals surface area contributed by atoms with Gasteiger partial charge in [0, 0.05) is 0 Å². The molecule has 18 heavy (non-hydrogen) atoms. The van der Waals surface area contributed by atoms with E-state index in [2.05, 4.69) is 10.2 Å². The second kappa shape index (κ2) is 6.64. The SMILES string of the molecule is CCCCS(=O)(=O)c1ccc(N=NC(C)C)cc1. The van der Waals surface area contributed by atoms with Crippen LogP contribution in [-0.2, 0) is 9.84 Å². The molecule has 0 aliphatic carbocycles. The van der Waals surface area contributed by atoms with Gasteiger partial charge in [0.2, 0.25) is 0 Å². The molecule has 0 aliphatic heterocycles. The fourth-order valence-corrected chi connectivity index (χ4v) is 2.81. The van der Waals surface area contributed by atoms with E-state index in [0.717, 1.165) is 6.42 Å². The minimum absolute atomic E-state index is 0.137. The van der Waals surface area contributed by atoms with Gasteiger partial charge in [0.1, 0.15) is 0 Å². The highest BCUT2D eigenvalue weighted by atomic mass is 32.2. The van der Waals surface area contributed by atoms with Crippen LogP contribution < -0.4 is 0 Å². The van der Waals surface area contributed by atoms with Crippen LogP contribution in [-0.4, -0.2) is 20.2 Å². The van der Waals surface area contributed by atoms with Gasteiger partial charge in [-0.3, -0.25) is 0 Å². The van der Waals surface area contributed by atoms with Crippen molar-refractivity contribution in [2.75, 3.05) is 5.75 Å². The lowest BCUT2D eigenvalue weighted by molar-refractivity contribution is 0.592. The molecule has 0 heterocycles. The van der Waals surface area contributed by atoms with E-state index in [-0.39, 0.29) is 11.8 Å². The van der Waals surface area contributed by atoms with Crippen molar-refractivity contribution >= 4 is 15.5 Å². The van der Waals surface area contributed by atoms with Gasteiger partial charge in [-0.1, -0.05) is 13.3 Å². The van der Waals surface area contributed by atoms with E-state index < -0.39 is 9.84 Å². The van der Waals surface area contributed by atoms with Crippen molar-refractivity contribution in [1.82, 2.24) is 0 Å². The van der Waals surface area contributed by atoms with E-state index in [1.807, 2.05) is 20.8 Å². The number of hydrogen-bond acceptors (Lipinski definition) is 4. The molecule has 0 aromatic heterocycles. The summed E-state index contributed by atoms with van der Waals surface area (Å²) in [6, 6.07) is 6.70. The number of sulfone groups is 1. The Labute approximate surface area is 109 Å². The summed E-state index contributed by atoms with van der Waals surface area (Å²) >= 11 is 0. The molecule has 0 spiro atoms. The standard InChI is InChI=1S/C13H20N2O2S/c1-4-5-10-18(16,17)13-8-6-12(7-9-13)15-14-11(2)3/h6-9,11H,4-5,10H2,1-3H3. The van der Waals surface area contributed by atoms with Crippen LogP contribution in [0.3, 0.4) is 0 Å². The molecular weight excluding hydrogens is 248 g/mol. The molecule has 0 bridgehead atoms. The summed E-state index contributed by atoms with van der Waals surface area (Å²) in [5.74, 6) is 0.205. The molecule has 0 N–H and O–H groups in total. The van der Waals surface area contributed by atoms with Crippen molar-refractivity contribution in [2.24, 2.45) is 10.2 Å². The van der Waals surface area contributed by atoms with E-state index in [9.17, 15) is 8.42 Å². The lowest BCUT2D eigenvalue weighted by Gasteiger charge is -2.03. The summed E-state index contributed by atoms with van der Waals surface area (Å²) in [6.45, 7) is 5.85. The Morgan fingerprint density at radius 2 is 1.78 bits per heavy atom. The Bertz CT molecular complexity index is 490. The molecule has 0 aliphatic rings. The first-order valence-electron chi connectivity index (χ1n) is 6.19. The van der Waals surface area contributed by atoms with Crippen molar-refractivity contribution in [1.29, 1.82) is 0 Å². The predicted molar refractivity (Wildman–Crippen MR) is 73.1 cm³/mol. The molecule has 0 unspecified atom stereocenters. The van der Waals surface area contributed by atoms with Crippen LogP contribution in [0.1, 0.15) is 33.6 Å².